The first kappa shape index (κ1) is 17.6. The average molecular weight is 359 g/mol. The lowest BCUT2D eigenvalue weighted by Gasteiger charge is -2.24. The maximum atomic E-state index is 11.4. The number of carbonyl (C=O) groups excluding carboxylic acids is 1. The van der Waals surface area contributed by atoms with Gasteiger partial charge in [0.15, 0.2) is 10.9 Å². The Balaban J connectivity index is 1.70. The van der Waals surface area contributed by atoms with Gasteiger partial charge in [-0.15, -0.1) is 10.2 Å². The second-order valence-corrected chi connectivity index (χ2v) is 7.19. The average Bonchev–Trinajstić information content (AvgIpc) is 3.04. The zero-order valence-corrected chi connectivity index (χ0v) is 15.1. The normalized spacial score (nSPS) is 19.1. The van der Waals surface area contributed by atoms with Gasteiger partial charge in [-0.05, 0) is 47.5 Å². The highest BCUT2D eigenvalue weighted by Crippen LogP contribution is 2.26. The number of thioether (sulfide) groups is 1. The number of tetrazole rings is 1. The van der Waals surface area contributed by atoms with Gasteiger partial charge < -0.3 is 10.1 Å². The van der Waals surface area contributed by atoms with Crippen LogP contribution in [0.25, 0.3) is 6.08 Å². The Hall–Kier alpha value is -2.19. The highest BCUT2D eigenvalue weighted by Gasteiger charge is 2.21. The zero-order chi connectivity index (χ0) is 17.6. The Morgan fingerprint density at radius 2 is 2.24 bits per heavy atom. The van der Waals surface area contributed by atoms with Gasteiger partial charge in [0.25, 0.3) is 0 Å². The molecule has 25 heavy (non-hydrogen) atoms. The summed E-state index contributed by atoms with van der Waals surface area (Å²) in [6, 6.07) is 7.77. The molecular formula is C17H21N5O2S. The van der Waals surface area contributed by atoms with Crippen LogP contribution in [0.3, 0.4) is 0 Å². The summed E-state index contributed by atoms with van der Waals surface area (Å²) in [5.74, 6) is 1.39. The molecule has 1 aliphatic heterocycles. The first-order valence-electron chi connectivity index (χ1n) is 8.13. The Bertz CT molecular complexity index is 757. The largest absolute Gasteiger partial charge is 0.497 e. The molecule has 3 rings (SSSR count). The van der Waals surface area contributed by atoms with Crippen LogP contribution in [0.1, 0.15) is 24.7 Å². The molecule has 2 heterocycles. The number of hydrogen-bond donors (Lipinski definition) is 1. The molecule has 0 amide bonds. The van der Waals surface area contributed by atoms with Crippen LogP contribution in [0.5, 0.6) is 5.75 Å². The van der Waals surface area contributed by atoms with E-state index < -0.39 is 0 Å². The fourth-order valence-corrected chi connectivity index (χ4v) is 3.62. The van der Waals surface area contributed by atoms with Gasteiger partial charge in [0, 0.05) is 18.7 Å². The summed E-state index contributed by atoms with van der Waals surface area (Å²) < 4.78 is 5.16. The molecule has 0 saturated carbocycles. The van der Waals surface area contributed by atoms with Crippen molar-refractivity contribution in [3.8, 4) is 5.75 Å². The van der Waals surface area contributed by atoms with Gasteiger partial charge in [0.05, 0.1) is 13.7 Å². The lowest BCUT2D eigenvalue weighted by molar-refractivity contribution is -0.109. The van der Waals surface area contributed by atoms with E-state index in [1.54, 1.807) is 18.8 Å². The maximum absolute atomic E-state index is 11.4. The number of aromatic nitrogens is 4. The van der Waals surface area contributed by atoms with E-state index in [9.17, 15) is 4.79 Å². The van der Waals surface area contributed by atoms with Crippen LogP contribution >= 0.6 is 11.8 Å². The number of benzene rings is 1. The summed E-state index contributed by atoms with van der Waals surface area (Å²) >= 11 is 1.37. The van der Waals surface area contributed by atoms with E-state index >= 15 is 0 Å². The van der Waals surface area contributed by atoms with Gasteiger partial charge in [0.1, 0.15) is 5.75 Å². The summed E-state index contributed by atoms with van der Waals surface area (Å²) in [4.78, 5) is 13.0. The number of ether oxygens (including phenoxy) is 1. The summed E-state index contributed by atoms with van der Waals surface area (Å²) in [7, 11) is 1.64. The number of piperidine rings is 1. The van der Waals surface area contributed by atoms with Crippen LogP contribution in [0.15, 0.2) is 29.8 Å². The van der Waals surface area contributed by atoms with Crippen molar-refractivity contribution >= 4 is 23.0 Å². The van der Waals surface area contributed by atoms with Crippen LogP contribution in [0.2, 0.25) is 0 Å². The topological polar surface area (TPSA) is 81.9 Å². The molecule has 1 N–H and O–H groups in total. The van der Waals surface area contributed by atoms with Gasteiger partial charge in [0.2, 0.25) is 0 Å². The third-order valence-corrected chi connectivity index (χ3v) is 5.05. The van der Waals surface area contributed by atoms with Crippen LogP contribution < -0.4 is 10.1 Å². The number of methoxy groups -OCH3 is 1. The summed E-state index contributed by atoms with van der Waals surface area (Å²) in [5, 5.41) is 16.3. The van der Waals surface area contributed by atoms with E-state index in [4.69, 9.17) is 4.74 Å². The van der Waals surface area contributed by atoms with E-state index in [0.717, 1.165) is 36.4 Å². The predicted molar refractivity (Wildman–Crippen MR) is 97.4 cm³/mol. The standard InChI is InChI=1S/C17H21N5O2S/c1-12(23)25-16-7-8-18-10-14(16)9-17-19-21-22(20-17)11-13-3-5-15(24-2)6-4-13/h3-6,9,16,18H,7-8,10-11H2,1-2H3/b14-9+. The molecule has 1 fully saturated rings. The SMILES string of the molecule is COc1ccc(Cn2nnc(/C=C3\CNCCC3SC(C)=O)n2)cc1. The van der Waals surface area contributed by atoms with Crippen molar-refractivity contribution in [1.29, 1.82) is 0 Å². The molecule has 0 radical (unpaired) electrons. The highest BCUT2D eigenvalue weighted by molar-refractivity contribution is 8.14. The molecule has 1 aromatic heterocycles. The van der Waals surface area contributed by atoms with E-state index in [1.807, 2.05) is 30.3 Å². The van der Waals surface area contributed by atoms with Gasteiger partial charge in [-0.2, -0.15) is 4.80 Å². The van der Waals surface area contributed by atoms with Crippen molar-refractivity contribution in [3.63, 3.8) is 0 Å². The fourth-order valence-electron chi connectivity index (χ4n) is 2.68. The second-order valence-electron chi connectivity index (χ2n) is 5.81. The molecule has 1 aliphatic rings. The fraction of sp³-hybridized carbons (Fsp3) is 0.412. The van der Waals surface area contributed by atoms with Crippen molar-refractivity contribution in [1.82, 2.24) is 25.5 Å². The number of nitrogens with one attached hydrogen (secondary N) is 1. The predicted octanol–water partition coefficient (Wildman–Crippen LogP) is 1.75. The number of nitrogens with zero attached hydrogens (tertiary/aromatic N) is 4. The molecule has 1 aromatic carbocycles. The minimum Gasteiger partial charge on any atom is -0.497 e. The Morgan fingerprint density at radius 1 is 1.44 bits per heavy atom. The molecule has 2 aromatic rings. The van der Waals surface area contributed by atoms with E-state index in [0.29, 0.717) is 12.4 Å². The summed E-state index contributed by atoms with van der Waals surface area (Å²) in [6.45, 7) is 3.82. The first-order chi connectivity index (χ1) is 12.1. The Morgan fingerprint density at radius 3 is 2.96 bits per heavy atom. The van der Waals surface area contributed by atoms with Crippen LogP contribution in [-0.4, -0.2) is 50.8 Å². The third kappa shape index (κ3) is 4.90. The Kier molecular flexibility index (Phi) is 5.83. The number of rotatable bonds is 5. The molecule has 1 unspecified atom stereocenters. The van der Waals surface area contributed by atoms with E-state index in [2.05, 4.69) is 20.7 Å². The molecule has 0 aliphatic carbocycles. The smallest absolute Gasteiger partial charge is 0.197 e. The molecule has 7 nitrogen and oxygen atoms in total. The molecule has 132 valence electrons. The second kappa shape index (κ2) is 8.26. The van der Waals surface area contributed by atoms with Crippen molar-refractivity contribution < 1.29 is 9.53 Å². The third-order valence-electron chi connectivity index (χ3n) is 3.90. The zero-order valence-electron chi connectivity index (χ0n) is 14.3. The minimum absolute atomic E-state index is 0.133. The van der Waals surface area contributed by atoms with Crippen molar-refractivity contribution in [2.75, 3.05) is 20.2 Å². The van der Waals surface area contributed by atoms with E-state index in [1.165, 1.54) is 11.8 Å². The van der Waals surface area contributed by atoms with Crippen molar-refractivity contribution in [3.05, 3.63) is 41.2 Å². The van der Waals surface area contributed by atoms with Crippen molar-refractivity contribution in [2.45, 2.75) is 25.1 Å². The first-order valence-corrected chi connectivity index (χ1v) is 9.01. The monoisotopic (exact) mass is 359 g/mol. The van der Waals surface area contributed by atoms with Crippen molar-refractivity contribution in [2.24, 2.45) is 0 Å². The Labute approximate surface area is 150 Å². The lowest BCUT2D eigenvalue weighted by Crippen LogP contribution is -2.32. The number of carbonyl (C=O) groups is 1. The van der Waals surface area contributed by atoms with Gasteiger partial charge >= 0.3 is 0 Å². The van der Waals surface area contributed by atoms with Crippen LogP contribution in [0, 0.1) is 0 Å². The minimum atomic E-state index is 0.133. The lowest BCUT2D eigenvalue weighted by atomic mass is 10.1. The molecule has 1 atom stereocenters. The van der Waals surface area contributed by atoms with Gasteiger partial charge in [-0.1, -0.05) is 23.9 Å². The number of hydrogen-bond acceptors (Lipinski definition) is 7. The van der Waals surface area contributed by atoms with Crippen LogP contribution in [-0.2, 0) is 11.3 Å². The molecule has 0 bridgehead atoms. The molecular weight excluding hydrogens is 338 g/mol. The summed E-state index contributed by atoms with van der Waals surface area (Å²) in [5.41, 5.74) is 2.21. The quantitative estimate of drug-likeness (QED) is 0.871. The van der Waals surface area contributed by atoms with Gasteiger partial charge in [-0.3, -0.25) is 4.79 Å². The molecule has 1 saturated heterocycles. The highest BCUT2D eigenvalue weighted by atomic mass is 32.2. The molecule has 0 spiro atoms. The van der Waals surface area contributed by atoms with E-state index in [-0.39, 0.29) is 10.4 Å². The van der Waals surface area contributed by atoms with Gasteiger partial charge in [-0.25, -0.2) is 0 Å². The summed E-state index contributed by atoms with van der Waals surface area (Å²) in [6.07, 6.45) is 2.86. The maximum Gasteiger partial charge on any atom is 0.197 e. The molecule has 8 heteroatoms. The van der Waals surface area contributed by atoms with Crippen LogP contribution in [0.4, 0.5) is 0 Å².